The van der Waals surface area contributed by atoms with Crippen molar-refractivity contribution >= 4 is 0 Å². The number of hydrogen-bond donors (Lipinski definition) is 0. The summed E-state index contributed by atoms with van der Waals surface area (Å²) in [6.45, 7) is 9.86. The molecule has 1 rings (SSSR count). The van der Waals surface area contributed by atoms with Gasteiger partial charge in [-0.05, 0) is 24.8 Å². The van der Waals surface area contributed by atoms with Crippen LogP contribution in [0, 0.1) is 24.7 Å². The zero-order chi connectivity index (χ0) is 12.0. The van der Waals surface area contributed by atoms with Crippen molar-refractivity contribution in [1.82, 2.24) is 0 Å². The summed E-state index contributed by atoms with van der Waals surface area (Å²) in [4.78, 5) is 0. The molecule has 0 bridgehead atoms. The van der Waals surface area contributed by atoms with Gasteiger partial charge in [0.1, 0.15) is 0 Å². The van der Waals surface area contributed by atoms with Crippen LogP contribution in [0.2, 0.25) is 0 Å². The van der Waals surface area contributed by atoms with Gasteiger partial charge in [-0.25, -0.2) is 0 Å². The zero-order valence-electron chi connectivity index (χ0n) is 11.4. The van der Waals surface area contributed by atoms with Gasteiger partial charge in [0.25, 0.3) is 0 Å². The number of hydrogen-bond acceptors (Lipinski definition) is 0. The molecular formula is C16H19K. The molecule has 1 aliphatic carbocycles. The summed E-state index contributed by atoms with van der Waals surface area (Å²) < 4.78 is 0. The van der Waals surface area contributed by atoms with E-state index in [4.69, 9.17) is 0 Å². The summed E-state index contributed by atoms with van der Waals surface area (Å²) in [6, 6.07) is 0. The summed E-state index contributed by atoms with van der Waals surface area (Å²) in [5.74, 6) is 6.21. The van der Waals surface area contributed by atoms with E-state index in [1.165, 1.54) is 11.1 Å². The van der Waals surface area contributed by atoms with Crippen molar-refractivity contribution in [2.45, 2.75) is 27.2 Å². The van der Waals surface area contributed by atoms with E-state index >= 15 is 0 Å². The summed E-state index contributed by atoms with van der Waals surface area (Å²) in [6.07, 6.45) is 12.1. The molecule has 0 heterocycles. The fraction of sp³-hybridized carbons (Fsp3) is 0.312. The molecule has 1 atom stereocenters. The Hall–Kier alpha value is 0.0264. The summed E-state index contributed by atoms with van der Waals surface area (Å²) in [7, 11) is 0. The summed E-state index contributed by atoms with van der Waals surface area (Å²) in [5, 5.41) is 0. The summed E-state index contributed by atoms with van der Waals surface area (Å²) >= 11 is 0. The Bertz CT molecular complexity index is 422. The van der Waals surface area contributed by atoms with Crippen LogP contribution in [0.15, 0.2) is 47.1 Å². The van der Waals surface area contributed by atoms with Crippen LogP contribution >= 0.6 is 0 Å². The maximum Gasteiger partial charge on any atom is 1.00 e. The molecule has 0 amide bonds. The molecule has 0 nitrogen and oxygen atoms in total. The van der Waals surface area contributed by atoms with E-state index < -0.39 is 0 Å². The Kier molecular flexibility index (Phi) is 9.04. The molecule has 0 aromatic rings. The van der Waals surface area contributed by atoms with Crippen LogP contribution in [0.1, 0.15) is 27.2 Å². The van der Waals surface area contributed by atoms with Crippen molar-refractivity contribution in [2.24, 2.45) is 5.92 Å². The second kappa shape index (κ2) is 9.02. The molecule has 0 N–H and O–H groups in total. The van der Waals surface area contributed by atoms with Gasteiger partial charge >= 0.3 is 51.4 Å². The Balaban J connectivity index is 0.00000256. The molecule has 1 heteroatoms. The minimum Gasteiger partial charge on any atom is -0.300 e. The third-order valence-electron chi connectivity index (χ3n) is 2.68. The second-order valence-corrected chi connectivity index (χ2v) is 4.18. The molecule has 0 fully saturated rings. The predicted octanol–water partition coefficient (Wildman–Crippen LogP) is 1.24. The van der Waals surface area contributed by atoms with Gasteiger partial charge < -0.3 is 0 Å². The Morgan fingerprint density at radius 3 is 2.76 bits per heavy atom. The molecule has 0 aromatic carbocycles. The van der Waals surface area contributed by atoms with E-state index in [0.29, 0.717) is 5.92 Å². The van der Waals surface area contributed by atoms with Crippen LogP contribution in [-0.2, 0) is 0 Å². The van der Waals surface area contributed by atoms with Gasteiger partial charge in [0.15, 0.2) is 0 Å². The van der Waals surface area contributed by atoms with Crippen molar-refractivity contribution in [2.75, 3.05) is 0 Å². The average molecular weight is 250 g/mol. The van der Waals surface area contributed by atoms with Crippen LogP contribution in [-0.4, -0.2) is 0 Å². The van der Waals surface area contributed by atoms with Crippen molar-refractivity contribution in [3.8, 4) is 11.8 Å². The molecule has 0 spiro atoms. The van der Waals surface area contributed by atoms with Crippen molar-refractivity contribution < 1.29 is 51.4 Å². The van der Waals surface area contributed by atoms with Gasteiger partial charge in [-0.15, -0.1) is 0 Å². The topological polar surface area (TPSA) is 0 Å². The molecular weight excluding hydrogens is 231 g/mol. The molecule has 17 heavy (non-hydrogen) atoms. The van der Waals surface area contributed by atoms with Crippen LogP contribution in [0.25, 0.3) is 0 Å². The molecule has 1 aliphatic rings. The SMILES string of the molecule is [CH2-]C#C/C(C)=C(C)\C=C1\C=CC(C)C=CC1.[K+]. The predicted molar refractivity (Wildman–Crippen MR) is 71.7 cm³/mol. The smallest absolute Gasteiger partial charge is 0.300 e. The molecule has 0 aliphatic heterocycles. The molecule has 0 saturated heterocycles. The Labute approximate surface area is 148 Å². The summed E-state index contributed by atoms with van der Waals surface area (Å²) in [5.41, 5.74) is 3.65. The third kappa shape index (κ3) is 6.50. The van der Waals surface area contributed by atoms with Gasteiger partial charge in [0.05, 0.1) is 0 Å². The van der Waals surface area contributed by atoms with Gasteiger partial charge in [-0.3, -0.25) is 11.8 Å². The molecule has 0 radical (unpaired) electrons. The van der Waals surface area contributed by atoms with Crippen molar-refractivity contribution in [3.05, 3.63) is 54.0 Å². The normalized spacial score (nSPS) is 22.1. The van der Waals surface area contributed by atoms with Crippen LogP contribution in [0.3, 0.4) is 0 Å². The molecule has 0 aromatic heterocycles. The Morgan fingerprint density at radius 1 is 1.41 bits per heavy atom. The zero-order valence-corrected chi connectivity index (χ0v) is 14.5. The molecule has 1 unspecified atom stereocenters. The fourth-order valence-electron chi connectivity index (χ4n) is 1.55. The van der Waals surface area contributed by atoms with Crippen LogP contribution < -0.4 is 51.4 Å². The Morgan fingerprint density at radius 2 is 2.12 bits per heavy atom. The van der Waals surface area contributed by atoms with Crippen LogP contribution in [0.4, 0.5) is 0 Å². The van der Waals surface area contributed by atoms with E-state index in [2.05, 4.69) is 63.0 Å². The van der Waals surface area contributed by atoms with E-state index in [0.717, 1.165) is 12.0 Å². The first-order valence-electron chi connectivity index (χ1n) is 5.64. The molecule has 0 saturated carbocycles. The first-order valence-corrected chi connectivity index (χ1v) is 5.64. The van der Waals surface area contributed by atoms with E-state index in [1.807, 2.05) is 6.92 Å². The van der Waals surface area contributed by atoms with Crippen molar-refractivity contribution in [3.63, 3.8) is 0 Å². The maximum atomic E-state index is 3.54. The van der Waals surface area contributed by atoms with E-state index in [9.17, 15) is 0 Å². The van der Waals surface area contributed by atoms with Gasteiger partial charge in [-0.1, -0.05) is 55.4 Å². The minimum atomic E-state index is 0. The standard InChI is InChI=1S/C16H19.K/c1-5-7-14(3)15(4)12-16-9-6-8-13(2)10-11-16;/h6,8,10-13H,1,9H2,2-4H3;/q-1;+1/b15-14-,16-12+;. The first kappa shape index (κ1) is 17.0. The fourth-order valence-corrected chi connectivity index (χ4v) is 1.55. The van der Waals surface area contributed by atoms with E-state index in [1.54, 1.807) is 0 Å². The van der Waals surface area contributed by atoms with Gasteiger partial charge in [0, 0.05) is 0 Å². The number of allylic oxidation sites excluding steroid dienone is 8. The minimum absolute atomic E-state index is 0. The van der Waals surface area contributed by atoms with Crippen LogP contribution in [0.5, 0.6) is 0 Å². The second-order valence-electron chi connectivity index (χ2n) is 4.18. The average Bonchev–Trinajstić information content (AvgIpc) is 2.44. The van der Waals surface area contributed by atoms with E-state index in [-0.39, 0.29) is 51.4 Å². The van der Waals surface area contributed by atoms with Gasteiger partial charge in [0.2, 0.25) is 0 Å². The third-order valence-corrected chi connectivity index (χ3v) is 2.68. The quantitative estimate of drug-likeness (QED) is 0.284. The maximum absolute atomic E-state index is 3.54. The largest absolute Gasteiger partial charge is 1.00 e. The first-order chi connectivity index (χ1) is 7.63. The van der Waals surface area contributed by atoms with Gasteiger partial charge in [-0.2, -0.15) is 6.92 Å². The number of rotatable bonds is 1. The molecule has 84 valence electrons. The van der Waals surface area contributed by atoms with Crippen molar-refractivity contribution in [1.29, 1.82) is 0 Å². The monoisotopic (exact) mass is 250 g/mol.